The fourth-order valence-corrected chi connectivity index (χ4v) is 0.941. The van der Waals surface area contributed by atoms with E-state index in [1.165, 1.54) is 7.11 Å². The van der Waals surface area contributed by atoms with E-state index in [0.717, 1.165) is 13.1 Å². The Balaban J connectivity index is 3.37. The number of carbonyl (C=O) groups is 1. The zero-order valence-electron chi connectivity index (χ0n) is 8.34. The standard InChI is InChI=1S/C8H17ClN2O2/c1-11(2)5-4-10-6-7(9)8(12)13-3/h7,10H,4-6H2,1-3H3. The van der Waals surface area contributed by atoms with Crippen molar-refractivity contribution >= 4 is 17.6 Å². The van der Waals surface area contributed by atoms with E-state index < -0.39 is 5.38 Å². The van der Waals surface area contributed by atoms with E-state index in [-0.39, 0.29) is 5.97 Å². The Hall–Kier alpha value is -0.320. The van der Waals surface area contributed by atoms with E-state index in [9.17, 15) is 4.79 Å². The van der Waals surface area contributed by atoms with Gasteiger partial charge in [-0.2, -0.15) is 0 Å². The van der Waals surface area contributed by atoms with Gasteiger partial charge in [0.1, 0.15) is 5.38 Å². The molecule has 0 aliphatic heterocycles. The fraction of sp³-hybridized carbons (Fsp3) is 0.875. The fourth-order valence-electron chi connectivity index (χ4n) is 0.743. The van der Waals surface area contributed by atoms with Crippen LogP contribution in [0.25, 0.3) is 0 Å². The van der Waals surface area contributed by atoms with Crippen LogP contribution in [0.5, 0.6) is 0 Å². The number of rotatable bonds is 6. The first kappa shape index (κ1) is 12.7. The van der Waals surface area contributed by atoms with Crippen LogP contribution in [0.3, 0.4) is 0 Å². The molecule has 1 N–H and O–H groups in total. The summed E-state index contributed by atoms with van der Waals surface area (Å²) in [6.07, 6.45) is 0. The highest BCUT2D eigenvalue weighted by Crippen LogP contribution is 1.95. The molecule has 5 heteroatoms. The van der Waals surface area contributed by atoms with Crippen LogP contribution in [0.15, 0.2) is 0 Å². The number of nitrogens with zero attached hydrogens (tertiary/aromatic N) is 1. The summed E-state index contributed by atoms with van der Waals surface area (Å²) in [4.78, 5) is 12.9. The highest BCUT2D eigenvalue weighted by Gasteiger charge is 2.14. The van der Waals surface area contributed by atoms with Crippen molar-refractivity contribution in [3.8, 4) is 0 Å². The van der Waals surface area contributed by atoms with Crippen molar-refractivity contribution in [2.24, 2.45) is 0 Å². The monoisotopic (exact) mass is 208 g/mol. The molecule has 0 radical (unpaired) electrons. The Morgan fingerprint density at radius 3 is 2.69 bits per heavy atom. The van der Waals surface area contributed by atoms with E-state index in [0.29, 0.717) is 6.54 Å². The minimum Gasteiger partial charge on any atom is -0.468 e. The Bertz CT molecular complexity index is 153. The van der Waals surface area contributed by atoms with Crippen LogP contribution in [0, 0.1) is 0 Å². The van der Waals surface area contributed by atoms with Gasteiger partial charge in [0.25, 0.3) is 0 Å². The lowest BCUT2D eigenvalue weighted by atomic mass is 10.4. The van der Waals surface area contributed by atoms with Gasteiger partial charge in [-0.1, -0.05) is 0 Å². The van der Waals surface area contributed by atoms with E-state index in [2.05, 4.69) is 10.1 Å². The zero-order valence-corrected chi connectivity index (χ0v) is 9.10. The second-order valence-electron chi connectivity index (χ2n) is 3.00. The summed E-state index contributed by atoms with van der Waals surface area (Å²) < 4.78 is 4.47. The van der Waals surface area contributed by atoms with E-state index in [1.54, 1.807) is 0 Å². The van der Waals surface area contributed by atoms with Crippen LogP contribution in [0.2, 0.25) is 0 Å². The van der Waals surface area contributed by atoms with E-state index in [1.807, 2.05) is 19.0 Å². The van der Waals surface area contributed by atoms with Crippen molar-refractivity contribution in [3.05, 3.63) is 0 Å². The Labute approximate surface area is 84.2 Å². The van der Waals surface area contributed by atoms with Crippen LogP contribution >= 0.6 is 11.6 Å². The first-order valence-corrected chi connectivity index (χ1v) is 4.59. The first-order chi connectivity index (χ1) is 6.07. The molecule has 0 saturated heterocycles. The second-order valence-corrected chi connectivity index (χ2v) is 3.52. The molecule has 0 fully saturated rings. The van der Waals surface area contributed by atoms with Crippen LogP contribution in [0.4, 0.5) is 0 Å². The number of hydrogen-bond donors (Lipinski definition) is 1. The number of alkyl halides is 1. The summed E-state index contributed by atoms with van der Waals surface area (Å²) in [6.45, 7) is 2.18. The smallest absolute Gasteiger partial charge is 0.325 e. The quantitative estimate of drug-likeness (QED) is 0.377. The number of hydrogen-bond acceptors (Lipinski definition) is 4. The van der Waals surface area contributed by atoms with Crippen LogP contribution in [-0.4, -0.2) is 57.1 Å². The number of halogens is 1. The molecule has 0 heterocycles. The average molecular weight is 209 g/mol. The Morgan fingerprint density at radius 2 is 2.23 bits per heavy atom. The lowest BCUT2D eigenvalue weighted by molar-refractivity contribution is -0.140. The topological polar surface area (TPSA) is 41.6 Å². The Kier molecular flexibility index (Phi) is 6.94. The molecule has 13 heavy (non-hydrogen) atoms. The average Bonchev–Trinajstić information content (AvgIpc) is 2.10. The molecule has 0 aliphatic rings. The molecular weight excluding hydrogens is 192 g/mol. The molecule has 1 atom stereocenters. The molecule has 78 valence electrons. The molecule has 0 aromatic carbocycles. The maximum Gasteiger partial charge on any atom is 0.325 e. The highest BCUT2D eigenvalue weighted by atomic mass is 35.5. The maximum atomic E-state index is 10.8. The van der Waals surface area contributed by atoms with E-state index >= 15 is 0 Å². The summed E-state index contributed by atoms with van der Waals surface area (Å²) in [7, 11) is 5.30. The number of ether oxygens (including phenoxy) is 1. The summed E-state index contributed by atoms with van der Waals surface area (Å²) in [6, 6.07) is 0. The minimum atomic E-state index is -0.591. The number of esters is 1. The Morgan fingerprint density at radius 1 is 1.62 bits per heavy atom. The van der Waals surface area contributed by atoms with Crippen molar-refractivity contribution in [1.82, 2.24) is 10.2 Å². The summed E-state index contributed by atoms with van der Waals surface area (Å²) in [5.41, 5.74) is 0. The van der Waals surface area contributed by atoms with Crippen molar-refractivity contribution in [2.75, 3.05) is 40.8 Å². The normalized spacial score (nSPS) is 13.0. The van der Waals surface area contributed by atoms with Gasteiger partial charge in [0.2, 0.25) is 0 Å². The molecule has 0 rings (SSSR count). The molecule has 0 aliphatic carbocycles. The van der Waals surface area contributed by atoms with Crippen molar-refractivity contribution in [2.45, 2.75) is 5.38 Å². The predicted molar refractivity (Wildman–Crippen MR) is 53.1 cm³/mol. The van der Waals surface area contributed by atoms with Gasteiger partial charge in [-0.3, -0.25) is 4.79 Å². The number of nitrogens with one attached hydrogen (secondary N) is 1. The van der Waals surface area contributed by atoms with Crippen LogP contribution < -0.4 is 5.32 Å². The first-order valence-electron chi connectivity index (χ1n) is 4.15. The number of carbonyl (C=O) groups excluding carboxylic acids is 1. The van der Waals surface area contributed by atoms with Crippen LogP contribution in [-0.2, 0) is 9.53 Å². The molecule has 1 unspecified atom stereocenters. The molecule has 0 spiro atoms. The lowest BCUT2D eigenvalue weighted by Crippen LogP contribution is -2.34. The van der Waals surface area contributed by atoms with Gasteiger partial charge in [0, 0.05) is 19.6 Å². The van der Waals surface area contributed by atoms with Gasteiger partial charge in [-0.25, -0.2) is 0 Å². The van der Waals surface area contributed by atoms with Gasteiger partial charge >= 0.3 is 5.97 Å². The highest BCUT2D eigenvalue weighted by molar-refractivity contribution is 6.30. The molecule has 0 aromatic rings. The summed E-state index contributed by atoms with van der Waals surface area (Å²) in [5, 5.41) is 2.47. The van der Waals surface area contributed by atoms with Gasteiger partial charge in [-0.05, 0) is 14.1 Å². The lowest BCUT2D eigenvalue weighted by Gasteiger charge is -2.11. The molecule has 0 bridgehead atoms. The number of likely N-dealkylation sites (N-methyl/N-ethyl adjacent to an activating group) is 1. The third-order valence-corrected chi connectivity index (χ3v) is 1.85. The molecule has 0 saturated carbocycles. The number of methoxy groups -OCH3 is 1. The maximum absolute atomic E-state index is 10.8. The molecule has 0 amide bonds. The van der Waals surface area contributed by atoms with Crippen LogP contribution in [0.1, 0.15) is 0 Å². The second kappa shape index (κ2) is 7.12. The van der Waals surface area contributed by atoms with Gasteiger partial charge in [0.15, 0.2) is 0 Å². The third-order valence-electron chi connectivity index (χ3n) is 1.52. The van der Waals surface area contributed by atoms with Crippen molar-refractivity contribution in [3.63, 3.8) is 0 Å². The predicted octanol–water partition coefficient (Wildman–Crippen LogP) is -0.0820. The van der Waals surface area contributed by atoms with Gasteiger partial charge in [0.05, 0.1) is 7.11 Å². The SMILES string of the molecule is COC(=O)C(Cl)CNCCN(C)C. The van der Waals surface area contributed by atoms with Gasteiger partial charge < -0.3 is 15.0 Å². The van der Waals surface area contributed by atoms with Crippen molar-refractivity contribution in [1.29, 1.82) is 0 Å². The van der Waals surface area contributed by atoms with Crippen molar-refractivity contribution < 1.29 is 9.53 Å². The third kappa shape index (κ3) is 6.81. The summed E-state index contributed by atoms with van der Waals surface area (Å²) >= 11 is 5.70. The van der Waals surface area contributed by atoms with Gasteiger partial charge in [-0.15, -0.1) is 11.6 Å². The molecule has 4 nitrogen and oxygen atoms in total. The molecular formula is C8H17ClN2O2. The summed E-state index contributed by atoms with van der Waals surface area (Å²) in [5.74, 6) is -0.390. The molecule has 0 aromatic heterocycles. The minimum absolute atomic E-state index is 0.390. The van der Waals surface area contributed by atoms with E-state index in [4.69, 9.17) is 11.6 Å². The zero-order chi connectivity index (χ0) is 10.3. The largest absolute Gasteiger partial charge is 0.468 e.